The maximum atomic E-state index is 11.3. The predicted molar refractivity (Wildman–Crippen MR) is 116 cm³/mol. The Balaban J connectivity index is 1.64. The predicted octanol–water partition coefficient (Wildman–Crippen LogP) is 4.96. The molecule has 0 aliphatic carbocycles. The van der Waals surface area contributed by atoms with Gasteiger partial charge in [-0.05, 0) is 12.1 Å². The van der Waals surface area contributed by atoms with Crippen molar-refractivity contribution in [2.24, 2.45) is 0 Å². The molecule has 30 heavy (non-hydrogen) atoms. The van der Waals surface area contributed by atoms with Crippen LogP contribution >= 0.6 is 27.7 Å². The molecule has 2 aromatic carbocycles. The van der Waals surface area contributed by atoms with Crippen molar-refractivity contribution in [1.82, 2.24) is 14.8 Å². The maximum absolute atomic E-state index is 11.3. The molecule has 3 aromatic rings. The summed E-state index contributed by atoms with van der Waals surface area (Å²) >= 11 is 4.88. The van der Waals surface area contributed by atoms with Gasteiger partial charge in [0.25, 0.3) is 5.69 Å². The largest absolute Gasteiger partial charge is 0.467 e. The minimum Gasteiger partial charge on any atom is -0.467 e. The highest BCUT2D eigenvalue weighted by molar-refractivity contribution is 9.10. The van der Waals surface area contributed by atoms with Crippen LogP contribution in [0.2, 0.25) is 0 Å². The van der Waals surface area contributed by atoms with Crippen molar-refractivity contribution in [3.8, 4) is 17.1 Å². The molecular formula is C20H17BrN4O4S. The monoisotopic (exact) mass is 488 g/mol. The van der Waals surface area contributed by atoms with Crippen LogP contribution in [0.15, 0.2) is 58.7 Å². The van der Waals surface area contributed by atoms with Crippen LogP contribution in [0.3, 0.4) is 0 Å². The van der Waals surface area contributed by atoms with Gasteiger partial charge in [0.05, 0.1) is 11.5 Å². The molecule has 0 saturated heterocycles. The topological polar surface area (TPSA) is 92.3 Å². The molecule has 1 aromatic heterocycles. The van der Waals surface area contributed by atoms with Gasteiger partial charge in [0.1, 0.15) is 5.75 Å². The zero-order valence-corrected chi connectivity index (χ0v) is 18.2. The Hall–Kier alpha value is -2.69. The van der Waals surface area contributed by atoms with Gasteiger partial charge in [0.15, 0.2) is 17.8 Å². The van der Waals surface area contributed by atoms with Crippen molar-refractivity contribution in [3.05, 3.63) is 74.8 Å². The van der Waals surface area contributed by atoms with Gasteiger partial charge in [-0.15, -0.1) is 16.8 Å². The summed E-state index contributed by atoms with van der Waals surface area (Å²) in [6.07, 6.45) is 1.78. The number of nitro benzene ring substituents is 1. The lowest BCUT2D eigenvalue weighted by Crippen LogP contribution is -2.13. The summed E-state index contributed by atoms with van der Waals surface area (Å²) in [7, 11) is 0. The van der Waals surface area contributed by atoms with Gasteiger partial charge in [-0.25, -0.2) is 0 Å². The van der Waals surface area contributed by atoms with E-state index in [-0.39, 0.29) is 19.1 Å². The number of ether oxygens (including phenoxy) is 2. The Kier molecular flexibility index (Phi) is 6.16. The molecule has 154 valence electrons. The molecule has 8 nitrogen and oxygen atoms in total. The first kappa shape index (κ1) is 20.6. The van der Waals surface area contributed by atoms with E-state index in [1.54, 1.807) is 12.1 Å². The van der Waals surface area contributed by atoms with Gasteiger partial charge in [-0.2, -0.15) is 0 Å². The van der Waals surface area contributed by atoms with Crippen molar-refractivity contribution in [2.45, 2.75) is 24.1 Å². The molecule has 0 bridgehead atoms. The van der Waals surface area contributed by atoms with E-state index in [2.05, 4.69) is 32.7 Å². The molecule has 0 amide bonds. The van der Waals surface area contributed by atoms with Gasteiger partial charge in [0, 0.05) is 45.6 Å². The van der Waals surface area contributed by atoms with E-state index in [0.717, 1.165) is 21.4 Å². The minimum absolute atomic E-state index is 0.0153. The van der Waals surface area contributed by atoms with E-state index < -0.39 is 4.92 Å². The van der Waals surface area contributed by atoms with E-state index >= 15 is 0 Å². The zero-order chi connectivity index (χ0) is 21.1. The van der Waals surface area contributed by atoms with Crippen LogP contribution < -0.4 is 4.74 Å². The zero-order valence-electron chi connectivity index (χ0n) is 15.8. The van der Waals surface area contributed by atoms with Crippen molar-refractivity contribution in [2.75, 3.05) is 6.79 Å². The molecule has 0 saturated carbocycles. The number of allylic oxidation sites excluding steroid dienone is 1. The fraction of sp³-hybridized carbons (Fsp3) is 0.200. The number of nitro groups is 1. The molecule has 0 unspecified atom stereocenters. The van der Waals surface area contributed by atoms with Crippen LogP contribution in [-0.2, 0) is 23.6 Å². The summed E-state index contributed by atoms with van der Waals surface area (Å²) in [5.41, 5.74) is 2.36. The molecule has 1 aliphatic rings. The first-order chi connectivity index (χ1) is 14.6. The summed E-state index contributed by atoms with van der Waals surface area (Å²) in [5, 5.41) is 20.7. The standard InChI is InChI=1S/C20H17BrN4O4S/c1-2-7-24-19(13-3-5-16(21)6-4-13)22-23-20(24)30-11-15-9-17(25(26)27)8-14-10-28-12-29-18(14)15/h2-6,8-9H,1,7,10-12H2. The molecule has 10 heteroatoms. The summed E-state index contributed by atoms with van der Waals surface area (Å²) < 4.78 is 13.8. The molecule has 4 rings (SSSR count). The highest BCUT2D eigenvalue weighted by Crippen LogP contribution is 2.36. The number of halogens is 1. The van der Waals surface area contributed by atoms with E-state index in [9.17, 15) is 10.1 Å². The van der Waals surface area contributed by atoms with Gasteiger partial charge in [-0.3, -0.25) is 14.7 Å². The van der Waals surface area contributed by atoms with Crippen LogP contribution in [0.1, 0.15) is 11.1 Å². The summed E-state index contributed by atoms with van der Waals surface area (Å²) in [4.78, 5) is 10.9. The van der Waals surface area contributed by atoms with Gasteiger partial charge in [0.2, 0.25) is 0 Å². The van der Waals surface area contributed by atoms with Crippen LogP contribution in [0, 0.1) is 10.1 Å². The van der Waals surface area contributed by atoms with Crippen LogP contribution in [0.25, 0.3) is 11.4 Å². The first-order valence-electron chi connectivity index (χ1n) is 9.00. The highest BCUT2D eigenvalue weighted by Gasteiger charge is 2.22. The SMILES string of the molecule is C=CCn1c(SCc2cc([N+](=O)[O-])cc3c2OCOC3)nnc1-c1ccc(Br)cc1. The molecule has 0 atom stereocenters. The number of non-ortho nitro benzene ring substituents is 1. The third kappa shape index (κ3) is 4.25. The minimum atomic E-state index is -0.408. The fourth-order valence-corrected chi connectivity index (χ4v) is 4.32. The van der Waals surface area contributed by atoms with E-state index in [1.807, 2.05) is 28.8 Å². The van der Waals surface area contributed by atoms with Crippen molar-refractivity contribution < 1.29 is 14.4 Å². The molecule has 1 aliphatic heterocycles. The Morgan fingerprint density at radius 1 is 1.30 bits per heavy atom. The van der Waals surface area contributed by atoms with Gasteiger partial charge < -0.3 is 9.47 Å². The van der Waals surface area contributed by atoms with E-state index in [1.165, 1.54) is 17.8 Å². The second-order valence-electron chi connectivity index (χ2n) is 6.46. The van der Waals surface area contributed by atoms with Gasteiger partial charge in [-0.1, -0.05) is 45.9 Å². The van der Waals surface area contributed by atoms with E-state index in [0.29, 0.717) is 28.8 Å². The second-order valence-corrected chi connectivity index (χ2v) is 8.32. The number of benzene rings is 2. The Labute approximate surface area is 185 Å². The lowest BCUT2D eigenvalue weighted by molar-refractivity contribution is -0.385. The second kappa shape index (κ2) is 8.99. The quantitative estimate of drug-likeness (QED) is 0.201. The fourth-order valence-electron chi connectivity index (χ4n) is 3.14. The smallest absolute Gasteiger partial charge is 0.270 e. The van der Waals surface area contributed by atoms with Crippen molar-refractivity contribution >= 4 is 33.4 Å². The summed E-state index contributed by atoms with van der Waals surface area (Å²) in [6, 6.07) is 10.9. The van der Waals surface area contributed by atoms with Crippen molar-refractivity contribution in [1.29, 1.82) is 0 Å². The van der Waals surface area contributed by atoms with Crippen LogP contribution in [0.5, 0.6) is 5.75 Å². The number of hydrogen-bond donors (Lipinski definition) is 0. The number of thioether (sulfide) groups is 1. The molecule has 0 spiro atoms. The average molecular weight is 489 g/mol. The van der Waals surface area contributed by atoms with Crippen molar-refractivity contribution in [3.63, 3.8) is 0 Å². The Morgan fingerprint density at radius 2 is 2.10 bits per heavy atom. The summed E-state index contributed by atoms with van der Waals surface area (Å²) in [5.74, 6) is 1.82. The van der Waals surface area contributed by atoms with Gasteiger partial charge >= 0.3 is 0 Å². The summed E-state index contributed by atoms with van der Waals surface area (Å²) in [6.45, 7) is 4.78. The number of fused-ring (bicyclic) bond motifs is 1. The Morgan fingerprint density at radius 3 is 2.83 bits per heavy atom. The molecule has 0 N–H and O–H groups in total. The molecule has 2 heterocycles. The lowest BCUT2D eigenvalue weighted by Gasteiger charge is -2.20. The average Bonchev–Trinajstić information content (AvgIpc) is 3.15. The normalized spacial score (nSPS) is 12.8. The van der Waals surface area contributed by atoms with Crippen LogP contribution in [-0.4, -0.2) is 26.5 Å². The number of rotatable bonds is 7. The maximum Gasteiger partial charge on any atom is 0.270 e. The van der Waals surface area contributed by atoms with Crippen LogP contribution in [0.4, 0.5) is 5.69 Å². The highest BCUT2D eigenvalue weighted by atomic mass is 79.9. The molecule has 0 radical (unpaired) electrons. The first-order valence-corrected chi connectivity index (χ1v) is 10.8. The number of hydrogen-bond acceptors (Lipinski definition) is 7. The number of aromatic nitrogens is 3. The third-order valence-electron chi connectivity index (χ3n) is 4.47. The lowest BCUT2D eigenvalue weighted by atomic mass is 10.1. The molecule has 0 fully saturated rings. The molecular weight excluding hydrogens is 472 g/mol. The third-order valence-corrected chi connectivity index (χ3v) is 6.01. The Bertz CT molecular complexity index is 1100. The number of nitrogens with zero attached hydrogens (tertiary/aromatic N) is 4. The van der Waals surface area contributed by atoms with E-state index in [4.69, 9.17) is 9.47 Å².